The number of ether oxygens (including phenoxy) is 1. The molecule has 21 nitrogen and oxygen atoms in total. The Kier molecular flexibility index (Phi) is 23.3. The van der Waals surface area contributed by atoms with Crippen LogP contribution in [-0.4, -0.2) is 119 Å². The van der Waals surface area contributed by atoms with E-state index in [0.29, 0.717) is 24.2 Å². The first kappa shape index (κ1) is 55.6. The van der Waals surface area contributed by atoms with Crippen molar-refractivity contribution in [2.75, 3.05) is 18.8 Å². The average molecular weight is 967 g/mol. The van der Waals surface area contributed by atoms with Gasteiger partial charge in [0.15, 0.2) is 0 Å². The third-order valence-electron chi connectivity index (χ3n) is 11.0. The SMILES string of the molecule is CC[C@H](C)[C@H](NC(=O)OCc1ccccc1)C(=O)N[C@@H](CCC(N)=O)C(=O)N[C@@H](CC(N)=O)C(=O)N[C@@H](CSCc1ccccc1)C(=O)N1CCC[C@H]1C(=O)N[C@@H](CC(C)C)C(=O)NCC(N)=O. The zero-order chi connectivity index (χ0) is 50.3. The molecule has 0 aliphatic carbocycles. The van der Waals surface area contributed by atoms with Gasteiger partial charge in [0.2, 0.25) is 53.2 Å². The number of thioether (sulfide) groups is 1. The van der Waals surface area contributed by atoms with Gasteiger partial charge in [-0.25, -0.2) is 4.79 Å². The van der Waals surface area contributed by atoms with Crippen LogP contribution in [0.5, 0.6) is 0 Å². The van der Waals surface area contributed by atoms with Gasteiger partial charge in [-0.1, -0.05) is 94.8 Å². The summed E-state index contributed by atoms with van der Waals surface area (Å²) in [5.41, 5.74) is 17.8. The minimum atomic E-state index is -1.70. The second-order valence-electron chi connectivity index (χ2n) is 17.0. The first-order valence-electron chi connectivity index (χ1n) is 22.5. The number of nitrogens with two attached hydrogens (primary N) is 3. The number of rotatable bonds is 28. The number of likely N-dealkylation sites (tertiary alicyclic amines) is 1. The molecule has 0 unspecified atom stereocenters. The van der Waals surface area contributed by atoms with E-state index in [4.69, 9.17) is 21.9 Å². The maximum atomic E-state index is 14.5. The van der Waals surface area contributed by atoms with Crippen LogP contribution in [0.4, 0.5) is 4.79 Å². The van der Waals surface area contributed by atoms with Gasteiger partial charge in [-0.2, -0.15) is 11.8 Å². The van der Waals surface area contributed by atoms with Gasteiger partial charge in [-0.15, -0.1) is 0 Å². The van der Waals surface area contributed by atoms with E-state index < -0.39 is 114 Å². The Morgan fingerprint density at radius 2 is 1.31 bits per heavy atom. The number of nitrogens with zero attached hydrogens (tertiary/aromatic N) is 1. The fourth-order valence-corrected chi connectivity index (χ4v) is 8.19. The predicted molar refractivity (Wildman–Crippen MR) is 252 cm³/mol. The van der Waals surface area contributed by atoms with Crippen LogP contribution in [0.1, 0.15) is 83.8 Å². The topological polar surface area (TPSA) is 333 Å². The van der Waals surface area contributed by atoms with Crippen LogP contribution in [0, 0.1) is 11.8 Å². The average Bonchev–Trinajstić information content (AvgIpc) is 3.80. The van der Waals surface area contributed by atoms with Crippen molar-refractivity contribution in [1.82, 2.24) is 36.8 Å². The van der Waals surface area contributed by atoms with Gasteiger partial charge in [-0.3, -0.25) is 43.2 Å². The van der Waals surface area contributed by atoms with Crippen molar-refractivity contribution in [3.63, 3.8) is 0 Å². The van der Waals surface area contributed by atoms with Crippen molar-refractivity contribution < 1.29 is 52.7 Å². The fourth-order valence-electron chi connectivity index (χ4n) is 7.18. The molecule has 0 radical (unpaired) electrons. The molecule has 3 rings (SSSR count). The third kappa shape index (κ3) is 19.3. The molecule has 1 aliphatic rings. The molecule has 2 aromatic carbocycles. The van der Waals surface area contributed by atoms with Crippen LogP contribution in [0.2, 0.25) is 0 Å². The van der Waals surface area contributed by atoms with E-state index in [1.165, 1.54) is 16.7 Å². The number of carbonyl (C=O) groups is 10. The number of benzene rings is 2. The summed E-state index contributed by atoms with van der Waals surface area (Å²) in [7, 11) is 0. The van der Waals surface area contributed by atoms with E-state index in [2.05, 4.69) is 31.9 Å². The summed E-state index contributed by atoms with van der Waals surface area (Å²) in [6.07, 6.45) is -1.12. The van der Waals surface area contributed by atoms with Gasteiger partial charge in [-0.05, 0) is 48.6 Å². The molecule has 372 valence electrons. The summed E-state index contributed by atoms with van der Waals surface area (Å²) in [6.45, 7) is 6.75. The summed E-state index contributed by atoms with van der Waals surface area (Å²) in [5, 5.41) is 15.3. The minimum Gasteiger partial charge on any atom is -0.445 e. The lowest BCUT2D eigenvalue weighted by Crippen LogP contribution is -2.60. The molecule has 22 heteroatoms. The van der Waals surface area contributed by atoms with Crippen LogP contribution in [0.25, 0.3) is 0 Å². The van der Waals surface area contributed by atoms with Gasteiger partial charge in [0.25, 0.3) is 0 Å². The highest BCUT2D eigenvalue weighted by atomic mass is 32.2. The number of hydrogen-bond acceptors (Lipinski definition) is 12. The normalized spacial score (nSPS) is 15.8. The molecule has 0 saturated carbocycles. The molecule has 1 aliphatic heterocycles. The molecule has 1 fully saturated rings. The van der Waals surface area contributed by atoms with E-state index in [0.717, 1.165) is 5.56 Å². The number of primary amides is 3. The van der Waals surface area contributed by atoms with Crippen LogP contribution < -0.4 is 49.1 Å². The molecular weight excluding hydrogens is 901 g/mol. The third-order valence-corrected chi connectivity index (χ3v) is 12.1. The molecule has 10 amide bonds. The molecule has 0 spiro atoms. The largest absolute Gasteiger partial charge is 0.445 e. The molecule has 1 saturated heterocycles. The minimum absolute atomic E-state index is 0.0257. The smallest absolute Gasteiger partial charge is 0.408 e. The molecule has 2 aromatic rings. The monoisotopic (exact) mass is 966 g/mol. The quantitative estimate of drug-likeness (QED) is 0.0544. The Morgan fingerprint density at radius 1 is 0.706 bits per heavy atom. The standard InChI is InChI=1S/C46H66N10O11S/c1-5-28(4)39(55-46(66)67-24-29-13-8-6-9-14-29)44(64)51-31(18-19-36(47)57)41(61)52-33(22-37(48)58)42(62)54-34(26-68-25-30-15-10-7-11-16-30)45(65)56-20-12-17-35(56)43(63)53-32(21-27(2)3)40(60)50-23-38(49)59/h6-11,13-16,27-28,31-35,39H,5,12,17-26H2,1-4H3,(H2,47,57)(H2,48,58)(H2,49,59)(H,50,60)(H,51,64)(H,52,61)(H,53,63)(H,54,62)(H,55,66)/t28-,31-,32-,33-,34-,35-,39-/m0/s1. The van der Waals surface area contributed by atoms with Gasteiger partial charge in [0.1, 0.15) is 42.9 Å². The maximum absolute atomic E-state index is 14.5. The molecule has 12 N–H and O–H groups in total. The van der Waals surface area contributed by atoms with E-state index in [1.54, 1.807) is 44.2 Å². The van der Waals surface area contributed by atoms with Crippen molar-refractivity contribution >= 4 is 71.0 Å². The lowest BCUT2D eigenvalue weighted by Gasteiger charge is -2.31. The second-order valence-corrected chi connectivity index (χ2v) is 18.0. The van der Waals surface area contributed by atoms with E-state index >= 15 is 0 Å². The fraction of sp³-hybridized carbons (Fsp3) is 0.522. The number of carbonyl (C=O) groups excluding carboxylic acids is 10. The Morgan fingerprint density at radius 3 is 1.90 bits per heavy atom. The zero-order valence-electron chi connectivity index (χ0n) is 39.0. The van der Waals surface area contributed by atoms with Crippen LogP contribution >= 0.6 is 11.8 Å². The number of amides is 10. The van der Waals surface area contributed by atoms with Crippen LogP contribution in [-0.2, 0) is 60.2 Å². The maximum Gasteiger partial charge on any atom is 0.408 e. The van der Waals surface area contributed by atoms with Gasteiger partial charge < -0.3 is 58.7 Å². The first-order chi connectivity index (χ1) is 32.3. The first-order valence-corrected chi connectivity index (χ1v) is 23.7. The Hall–Kier alpha value is -6.71. The predicted octanol–water partition coefficient (Wildman–Crippen LogP) is -0.0204. The number of nitrogens with one attached hydrogen (secondary N) is 6. The Balaban J connectivity index is 1.86. The van der Waals surface area contributed by atoms with E-state index in [1.807, 2.05) is 44.2 Å². The van der Waals surface area contributed by atoms with E-state index in [-0.39, 0.29) is 50.5 Å². The summed E-state index contributed by atoms with van der Waals surface area (Å²) >= 11 is 1.29. The van der Waals surface area contributed by atoms with Crippen LogP contribution in [0.15, 0.2) is 60.7 Å². The number of hydrogen-bond donors (Lipinski definition) is 9. The molecular formula is C46H66N10O11S. The second kappa shape index (κ2) is 28.5. The highest BCUT2D eigenvalue weighted by Gasteiger charge is 2.40. The van der Waals surface area contributed by atoms with Crippen molar-refractivity contribution in [3.8, 4) is 0 Å². The summed E-state index contributed by atoms with van der Waals surface area (Å²) in [6, 6.07) is 10.3. The highest BCUT2D eigenvalue weighted by Crippen LogP contribution is 2.22. The zero-order valence-corrected chi connectivity index (χ0v) is 39.8. The van der Waals surface area contributed by atoms with Crippen LogP contribution in [0.3, 0.4) is 0 Å². The summed E-state index contributed by atoms with van der Waals surface area (Å²) in [5.74, 6) is -7.47. The van der Waals surface area contributed by atoms with Crippen molar-refractivity contribution in [1.29, 1.82) is 0 Å². The highest BCUT2D eigenvalue weighted by molar-refractivity contribution is 7.98. The summed E-state index contributed by atoms with van der Waals surface area (Å²) in [4.78, 5) is 133. The molecule has 7 atom stereocenters. The van der Waals surface area contributed by atoms with Crippen molar-refractivity contribution in [3.05, 3.63) is 71.8 Å². The Labute approximate surface area is 400 Å². The van der Waals surface area contributed by atoms with Crippen molar-refractivity contribution in [2.24, 2.45) is 29.0 Å². The molecule has 1 heterocycles. The van der Waals surface area contributed by atoms with Crippen molar-refractivity contribution in [2.45, 2.75) is 121 Å². The lowest BCUT2D eigenvalue weighted by atomic mass is 9.97. The van der Waals surface area contributed by atoms with E-state index in [9.17, 15) is 47.9 Å². The number of alkyl carbamates (subject to hydrolysis) is 1. The molecule has 0 aromatic heterocycles. The molecule has 68 heavy (non-hydrogen) atoms. The Bertz CT molecular complexity index is 2060. The summed E-state index contributed by atoms with van der Waals surface area (Å²) < 4.78 is 5.31. The van der Waals surface area contributed by atoms with Gasteiger partial charge in [0, 0.05) is 24.5 Å². The molecule has 0 bridgehead atoms. The van der Waals surface area contributed by atoms with Gasteiger partial charge in [0.05, 0.1) is 13.0 Å². The lowest BCUT2D eigenvalue weighted by molar-refractivity contribution is -0.142. The van der Waals surface area contributed by atoms with Gasteiger partial charge >= 0.3 is 6.09 Å².